The molecule has 160 valence electrons. The molecule has 1 atom stereocenters. The highest BCUT2D eigenvalue weighted by Crippen LogP contribution is 2.31. The Kier molecular flexibility index (Phi) is 8.64. The van der Waals surface area contributed by atoms with Gasteiger partial charge in [-0.25, -0.2) is 4.98 Å². The molecule has 3 rings (SSSR count). The highest BCUT2D eigenvalue weighted by molar-refractivity contribution is 5.94. The number of alkyl halides is 3. The van der Waals surface area contributed by atoms with Crippen LogP contribution in [0.25, 0.3) is 0 Å². The molecule has 0 bridgehead atoms. The molecule has 1 fully saturated rings. The third-order valence-electron chi connectivity index (χ3n) is 4.08. The second-order valence-electron chi connectivity index (χ2n) is 6.21. The quantitative estimate of drug-likeness (QED) is 0.736. The molecule has 0 aromatic carbocycles. The van der Waals surface area contributed by atoms with E-state index in [2.05, 4.69) is 9.97 Å². The number of ether oxygens (including phenoxy) is 1. The van der Waals surface area contributed by atoms with Gasteiger partial charge in [-0.1, -0.05) is 0 Å². The smallest absolute Gasteiger partial charge is 0.433 e. The maximum Gasteiger partial charge on any atom is 0.433 e. The summed E-state index contributed by atoms with van der Waals surface area (Å²) in [5.41, 5.74) is 10.6. The van der Waals surface area contributed by atoms with E-state index in [1.165, 1.54) is 24.5 Å². The molecule has 0 radical (unpaired) electrons. The van der Waals surface area contributed by atoms with Crippen LogP contribution in [0, 0.1) is 0 Å². The first-order valence-corrected chi connectivity index (χ1v) is 8.22. The van der Waals surface area contributed by atoms with Crippen LogP contribution in [-0.4, -0.2) is 39.9 Å². The first-order valence-electron chi connectivity index (χ1n) is 8.22. The Hall–Kier alpha value is -2.14. The Balaban J connectivity index is 0.00000210. The van der Waals surface area contributed by atoms with E-state index < -0.39 is 11.9 Å². The molecule has 1 aliphatic rings. The molecular weight excluding hydrogens is 434 g/mol. The standard InChI is InChI=1S/C17H18F3N5O2.2ClH/c18-17(19,20)14-3-10(6-21)4-15(24-14)27-13-5-11(7-23-8-13)16(26)25-2-1-12(22)9-25;;/h3-5,7-8,12H,1-2,6,9,21-22H2;2*1H/t12-;;/m1../s1. The molecule has 0 spiro atoms. The predicted molar refractivity (Wildman–Crippen MR) is 104 cm³/mol. The normalized spacial score (nSPS) is 16.0. The molecule has 1 saturated heterocycles. The minimum atomic E-state index is -4.63. The van der Waals surface area contributed by atoms with E-state index in [0.717, 1.165) is 6.07 Å². The number of halogens is 5. The van der Waals surface area contributed by atoms with Gasteiger partial charge >= 0.3 is 6.18 Å². The lowest BCUT2D eigenvalue weighted by atomic mass is 10.2. The molecule has 2 aromatic heterocycles. The number of nitrogens with two attached hydrogens (primary N) is 2. The van der Waals surface area contributed by atoms with Crippen molar-refractivity contribution in [3.63, 3.8) is 0 Å². The van der Waals surface area contributed by atoms with Gasteiger partial charge in [-0.05, 0) is 24.1 Å². The fourth-order valence-corrected chi connectivity index (χ4v) is 2.74. The summed E-state index contributed by atoms with van der Waals surface area (Å²) in [6.45, 7) is 0.882. The summed E-state index contributed by atoms with van der Waals surface area (Å²) in [6.07, 6.45) is -1.26. The summed E-state index contributed by atoms with van der Waals surface area (Å²) in [5, 5.41) is 0. The second-order valence-corrected chi connectivity index (χ2v) is 6.21. The van der Waals surface area contributed by atoms with E-state index in [-0.39, 0.29) is 66.1 Å². The molecular formula is C17H20Cl2F3N5O2. The molecule has 12 heteroatoms. The highest BCUT2D eigenvalue weighted by atomic mass is 35.5. The Morgan fingerprint density at radius 3 is 2.55 bits per heavy atom. The maximum absolute atomic E-state index is 13.0. The SMILES string of the molecule is Cl.Cl.NCc1cc(Oc2cncc(C(=O)N3CC[C@@H](N)C3)c2)nc(C(F)(F)F)c1. The molecule has 7 nitrogen and oxygen atoms in total. The Bertz CT molecular complexity index is 854. The number of hydrogen-bond donors (Lipinski definition) is 2. The maximum atomic E-state index is 13.0. The van der Waals surface area contributed by atoms with Crippen molar-refractivity contribution in [2.75, 3.05) is 13.1 Å². The molecule has 0 saturated carbocycles. The number of carbonyl (C=O) groups excluding carboxylic acids is 1. The van der Waals surface area contributed by atoms with Gasteiger partial charge in [0.05, 0.1) is 11.8 Å². The summed E-state index contributed by atoms with van der Waals surface area (Å²) in [7, 11) is 0. The summed E-state index contributed by atoms with van der Waals surface area (Å²) >= 11 is 0. The fraction of sp³-hybridized carbons (Fsp3) is 0.353. The second kappa shape index (κ2) is 10.1. The predicted octanol–water partition coefficient (Wildman–Crippen LogP) is 2.76. The van der Waals surface area contributed by atoms with Crippen molar-refractivity contribution in [2.24, 2.45) is 11.5 Å². The average molecular weight is 454 g/mol. The lowest BCUT2D eigenvalue weighted by molar-refractivity contribution is -0.141. The van der Waals surface area contributed by atoms with Gasteiger partial charge in [0.2, 0.25) is 5.88 Å². The van der Waals surface area contributed by atoms with Crippen molar-refractivity contribution in [3.05, 3.63) is 47.4 Å². The zero-order valence-corrected chi connectivity index (χ0v) is 16.7. The van der Waals surface area contributed by atoms with Gasteiger partial charge in [0.15, 0.2) is 0 Å². The zero-order valence-electron chi connectivity index (χ0n) is 15.1. The van der Waals surface area contributed by atoms with Crippen molar-refractivity contribution >= 4 is 30.7 Å². The van der Waals surface area contributed by atoms with Crippen molar-refractivity contribution < 1.29 is 22.7 Å². The minimum absolute atomic E-state index is 0. The monoisotopic (exact) mass is 453 g/mol. The first-order chi connectivity index (χ1) is 12.8. The summed E-state index contributed by atoms with van der Waals surface area (Å²) < 4.78 is 44.3. The average Bonchev–Trinajstić information content (AvgIpc) is 3.06. The van der Waals surface area contributed by atoms with Gasteiger partial charge < -0.3 is 21.1 Å². The number of hydrogen-bond acceptors (Lipinski definition) is 6. The van der Waals surface area contributed by atoms with Crippen LogP contribution in [0.3, 0.4) is 0 Å². The van der Waals surface area contributed by atoms with Crippen LogP contribution in [0.4, 0.5) is 13.2 Å². The van der Waals surface area contributed by atoms with Crippen LogP contribution in [-0.2, 0) is 12.7 Å². The molecule has 0 unspecified atom stereocenters. The lowest BCUT2D eigenvalue weighted by Crippen LogP contribution is -2.31. The number of pyridine rings is 2. The zero-order chi connectivity index (χ0) is 19.6. The van der Waals surface area contributed by atoms with Crippen molar-refractivity contribution in [3.8, 4) is 11.6 Å². The van der Waals surface area contributed by atoms with Crippen LogP contribution in [0.2, 0.25) is 0 Å². The van der Waals surface area contributed by atoms with Crippen LogP contribution >= 0.6 is 24.8 Å². The lowest BCUT2D eigenvalue weighted by Gasteiger charge is -2.16. The van der Waals surface area contributed by atoms with E-state index in [1.807, 2.05) is 0 Å². The van der Waals surface area contributed by atoms with Crippen LogP contribution < -0.4 is 16.2 Å². The van der Waals surface area contributed by atoms with Gasteiger partial charge in [-0.15, -0.1) is 24.8 Å². The fourth-order valence-electron chi connectivity index (χ4n) is 2.74. The van der Waals surface area contributed by atoms with Crippen LogP contribution in [0.15, 0.2) is 30.6 Å². The Morgan fingerprint density at radius 2 is 1.97 bits per heavy atom. The van der Waals surface area contributed by atoms with Crippen LogP contribution in [0.1, 0.15) is 28.0 Å². The molecule has 1 amide bonds. The number of likely N-dealkylation sites (tertiary alicyclic amines) is 1. The van der Waals surface area contributed by atoms with Crippen molar-refractivity contribution in [1.29, 1.82) is 0 Å². The van der Waals surface area contributed by atoms with E-state index >= 15 is 0 Å². The minimum Gasteiger partial charge on any atom is -0.437 e. The number of rotatable bonds is 4. The van der Waals surface area contributed by atoms with Gasteiger partial charge in [0, 0.05) is 37.9 Å². The van der Waals surface area contributed by atoms with E-state index in [4.69, 9.17) is 16.2 Å². The van der Waals surface area contributed by atoms with E-state index in [1.54, 1.807) is 4.90 Å². The molecule has 1 aliphatic heterocycles. The summed E-state index contributed by atoms with van der Waals surface area (Å²) in [4.78, 5) is 21.5. The molecule has 2 aromatic rings. The van der Waals surface area contributed by atoms with Gasteiger partial charge in [0.25, 0.3) is 5.91 Å². The molecule has 4 N–H and O–H groups in total. The number of aromatic nitrogens is 2. The Labute approximate surface area is 177 Å². The van der Waals surface area contributed by atoms with Gasteiger partial charge in [0.1, 0.15) is 11.4 Å². The third-order valence-corrected chi connectivity index (χ3v) is 4.08. The molecule has 0 aliphatic carbocycles. The van der Waals surface area contributed by atoms with Crippen LogP contribution in [0.5, 0.6) is 11.6 Å². The third kappa shape index (κ3) is 6.17. The first kappa shape index (κ1) is 24.9. The number of carbonyl (C=O) groups is 1. The molecule has 29 heavy (non-hydrogen) atoms. The summed E-state index contributed by atoms with van der Waals surface area (Å²) in [6, 6.07) is 3.51. The van der Waals surface area contributed by atoms with Gasteiger partial charge in [-0.3, -0.25) is 9.78 Å². The number of amides is 1. The largest absolute Gasteiger partial charge is 0.437 e. The van der Waals surface area contributed by atoms with Crippen molar-refractivity contribution in [2.45, 2.75) is 25.2 Å². The number of nitrogens with zero attached hydrogens (tertiary/aromatic N) is 3. The van der Waals surface area contributed by atoms with E-state index in [9.17, 15) is 18.0 Å². The van der Waals surface area contributed by atoms with Crippen molar-refractivity contribution in [1.82, 2.24) is 14.9 Å². The van der Waals surface area contributed by atoms with Gasteiger partial charge in [-0.2, -0.15) is 13.2 Å². The summed E-state index contributed by atoms with van der Waals surface area (Å²) in [5.74, 6) is -0.445. The topological polar surface area (TPSA) is 107 Å². The van der Waals surface area contributed by atoms with E-state index in [0.29, 0.717) is 19.5 Å². The molecule has 3 heterocycles. The highest BCUT2D eigenvalue weighted by Gasteiger charge is 2.33. The Morgan fingerprint density at radius 1 is 1.24 bits per heavy atom.